The second-order valence-corrected chi connectivity index (χ2v) is 3.94. The van der Waals surface area contributed by atoms with Gasteiger partial charge in [0.15, 0.2) is 0 Å². The molecule has 0 aromatic carbocycles. The maximum absolute atomic E-state index is 12.1. The molecule has 86 valence electrons. The van der Waals surface area contributed by atoms with Gasteiger partial charge in [-0.15, -0.1) is 0 Å². The van der Waals surface area contributed by atoms with Crippen LogP contribution in [0.25, 0.3) is 0 Å². The van der Waals surface area contributed by atoms with Gasteiger partial charge in [0.2, 0.25) is 0 Å². The molecule has 1 aromatic heterocycles. The predicted molar refractivity (Wildman–Crippen MR) is 60.2 cm³/mol. The number of nitrogens with one attached hydrogen (secondary N) is 1. The van der Waals surface area contributed by atoms with Crippen molar-refractivity contribution < 1.29 is 4.79 Å². The Bertz CT molecular complexity index is 441. The Labute approximate surface area is 93.3 Å². The monoisotopic (exact) mass is 221 g/mol. The number of nitrogens with two attached hydrogens (primary N) is 1. The van der Waals surface area contributed by atoms with Crippen molar-refractivity contribution in [2.45, 2.75) is 18.9 Å². The van der Waals surface area contributed by atoms with E-state index in [1.807, 2.05) is 0 Å². The van der Waals surface area contributed by atoms with E-state index in [-0.39, 0.29) is 23.1 Å². The van der Waals surface area contributed by atoms with Crippen LogP contribution in [0.15, 0.2) is 23.1 Å². The van der Waals surface area contributed by atoms with Crippen LogP contribution in [0.3, 0.4) is 0 Å². The summed E-state index contributed by atoms with van der Waals surface area (Å²) in [6, 6.07) is 3.28. The van der Waals surface area contributed by atoms with Gasteiger partial charge in [0, 0.05) is 25.3 Å². The van der Waals surface area contributed by atoms with Gasteiger partial charge in [-0.3, -0.25) is 9.59 Å². The molecule has 2 heterocycles. The van der Waals surface area contributed by atoms with Gasteiger partial charge >= 0.3 is 0 Å². The average molecular weight is 221 g/mol. The lowest BCUT2D eigenvalue weighted by molar-refractivity contribution is 0.0739. The van der Waals surface area contributed by atoms with Crippen LogP contribution < -0.4 is 11.3 Å². The molecule has 1 unspecified atom stereocenters. The third-order valence-electron chi connectivity index (χ3n) is 2.96. The highest BCUT2D eigenvalue weighted by atomic mass is 16.2. The van der Waals surface area contributed by atoms with E-state index in [2.05, 4.69) is 4.98 Å². The highest BCUT2D eigenvalue weighted by Crippen LogP contribution is 2.17. The minimum absolute atomic E-state index is 0.0760. The number of carbonyl (C=O) groups is 1. The number of likely N-dealkylation sites (tertiary alicyclic amines) is 1. The Kier molecular flexibility index (Phi) is 3.05. The summed E-state index contributed by atoms with van der Waals surface area (Å²) in [4.78, 5) is 27.8. The minimum atomic E-state index is -0.338. The molecule has 1 fully saturated rings. The molecule has 0 radical (unpaired) electrons. The van der Waals surface area contributed by atoms with E-state index < -0.39 is 0 Å². The van der Waals surface area contributed by atoms with E-state index in [1.165, 1.54) is 6.20 Å². The fourth-order valence-electron chi connectivity index (χ4n) is 2.09. The van der Waals surface area contributed by atoms with Crippen LogP contribution in [-0.2, 0) is 0 Å². The summed E-state index contributed by atoms with van der Waals surface area (Å²) in [6.45, 7) is 1.14. The molecule has 0 bridgehead atoms. The summed E-state index contributed by atoms with van der Waals surface area (Å²) in [6.07, 6.45) is 3.40. The molecule has 0 saturated carbocycles. The summed E-state index contributed by atoms with van der Waals surface area (Å²) < 4.78 is 0. The fourth-order valence-corrected chi connectivity index (χ4v) is 2.09. The van der Waals surface area contributed by atoms with Gasteiger partial charge in [0.25, 0.3) is 11.5 Å². The van der Waals surface area contributed by atoms with E-state index >= 15 is 0 Å². The van der Waals surface area contributed by atoms with Crippen molar-refractivity contribution in [3.05, 3.63) is 34.2 Å². The molecule has 5 nitrogen and oxygen atoms in total. The van der Waals surface area contributed by atoms with Crippen molar-refractivity contribution in [3.63, 3.8) is 0 Å². The van der Waals surface area contributed by atoms with Crippen LogP contribution in [0.2, 0.25) is 0 Å². The molecule has 1 atom stereocenters. The van der Waals surface area contributed by atoms with Crippen molar-refractivity contribution >= 4 is 5.91 Å². The number of H-pyrrole nitrogens is 1. The first kappa shape index (κ1) is 10.9. The maximum Gasteiger partial charge on any atom is 0.260 e. The predicted octanol–water partition coefficient (Wildman–Crippen LogP) is -0.0618. The molecule has 1 amide bonds. The van der Waals surface area contributed by atoms with Gasteiger partial charge in [-0.1, -0.05) is 0 Å². The number of rotatable bonds is 2. The van der Waals surface area contributed by atoms with Crippen molar-refractivity contribution in [3.8, 4) is 0 Å². The van der Waals surface area contributed by atoms with Crippen molar-refractivity contribution in [2.75, 3.05) is 13.1 Å². The standard InChI is InChI=1S/C11H15N3O2/c12-7-8-3-2-6-14(8)11(16)9-4-1-5-13-10(9)15/h1,4-5,8H,2-3,6-7,12H2,(H,13,15). The second-order valence-electron chi connectivity index (χ2n) is 3.94. The van der Waals surface area contributed by atoms with Crippen LogP contribution in [-0.4, -0.2) is 34.9 Å². The van der Waals surface area contributed by atoms with Gasteiger partial charge in [0.05, 0.1) is 0 Å². The SMILES string of the molecule is NCC1CCCN1C(=O)c1ccc[nH]c1=O. The third kappa shape index (κ3) is 1.86. The minimum Gasteiger partial charge on any atom is -0.334 e. The van der Waals surface area contributed by atoms with Gasteiger partial charge in [-0.25, -0.2) is 0 Å². The lowest BCUT2D eigenvalue weighted by atomic mass is 10.2. The molecule has 2 rings (SSSR count). The van der Waals surface area contributed by atoms with Gasteiger partial charge in [-0.05, 0) is 25.0 Å². The molecule has 1 saturated heterocycles. The number of aromatic amines is 1. The van der Waals surface area contributed by atoms with Gasteiger partial charge in [-0.2, -0.15) is 0 Å². The van der Waals surface area contributed by atoms with Crippen LogP contribution in [0.4, 0.5) is 0 Å². The molecule has 1 aromatic rings. The molecule has 16 heavy (non-hydrogen) atoms. The van der Waals surface area contributed by atoms with Gasteiger partial charge in [0.1, 0.15) is 5.56 Å². The van der Waals surface area contributed by atoms with Crippen molar-refractivity contribution in [1.82, 2.24) is 9.88 Å². The fraction of sp³-hybridized carbons (Fsp3) is 0.455. The second kappa shape index (κ2) is 4.49. The summed E-state index contributed by atoms with van der Waals surface area (Å²) >= 11 is 0. The number of hydrogen-bond acceptors (Lipinski definition) is 3. The van der Waals surface area contributed by atoms with E-state index in [4.69, 9.17) is 5.73 Å². The van der Waals surface area contributed by atoms with E-state index in [1.54, 1.807) is 17.0 Å². The molecule has 0 spiro atoms. The summed E-state index contributed by atoms with van der Waals surface area (Å²) in [5.74, 6) is -0.213. The number of amides is 1. The molecule has 3 N–H and O–H groups in total. The average Bonchev–Trinajstić information content (AvgIpc) is 2.77. The molecular formula is C11H15N3O2. The number of nitrogens with zero attached hydrogens (tertiary/aromatic N) is 1. The van der Waals surface area contributed by atoms with E-state index in [0.29, 0.717) is 13.1 Å². The zero-order valence-corrected chi connectivity index (χ0v) is 8.98. The van der Waals surface area contributed by atoms with Crippen molar-refractivity contribution in [2.24, 2.45) is 5.73 Å². The Morgan fingerprint density at radius 2 is 2.44 bits per heavy atom. The largest absolute Gasteiger partial charge is 0.334 e. The van der Waals surface area contributed by atoms with Crippen LogP contribution in [0, 0.1) is 0 Å². The van der Waals surface area contributed by atoms with Crippen molar-refractivity contribution in [1.29, 1.82) is 0 Å². The zero-order valence-electron chi connectivity index (χ0n) is 8.98. The van der Waals surface area contributed by atoms with Gasteiger partial charge < -0.3 is 15.6 Å². The smallest absolute Gasteiger partial charge is 0.260 e. The molecule has 1 aliphatic heterocycles. The first-order valence-corrected chi connectivity index (χ1v) is 5.43. The molecule has 5 heteroatoms. The Morgan fingerprint density at radius 3 is 3.12 bits per heavy atom. The molecular weight excluding hydrogens is 206 g/mol. The van der Waals surface area contributed by atoms with E-state index in [0.717, 1.165) is 12.8 Å². The highest BCUT2D eigenvalue weighted by Gasteiger charge is 2.29. The zero-order chi connectivity index (χ0) is 11.5. The molecule has 1 aliphatic rings. The third-order valence-corrected chi connectivity index (χ3v) is 2.96. The Balaban J connectivity index is 2.26. The lowest BCUT2D eigenvalue weighted by Gasteiger charge is -2.22. The maximum atomic E-state index is 12.1. The Morgan fingerprint density at radius 1 is 1.62 bits per heavy atom. The highest BCUT2D eigenvalue weighted by molar-refractivity contribution is 5.94. The topological polar surface area (TPSA) is 79.2 Å². The Hall–Kier alpha value is -1.62. The summed E-state index contributed by atoms with van der Waals surface area (Å²) in [5, 5.41) is 0. The number of hydrogen-bond donors (Lipinski definition) is 2. The van der Waals surface area contributed by atoms with Crippen LogP contribution >= 0.6 is 0 Å². The number of carbonyl (C=O) groups excluding carboxylic acids is 1. The van der Waals surface area contributed by atoms with Crippen LogP contribution in [0.1, 0.15) is 23.2 Å². The summed E-state index contributed by atoms with van der Waals surface area (Å²) in [7, 11) is 0. The van der Waals surface area contributed by atoms with E-state index in [9.17, 15) is 9.59 Å². The number of pyridine rings is 1. The first-order chi connectivity index (χ1) is 7.74. The number of aromatic nitrogens is 1. The van der Waals surface area contributed by atoms with Crippen LogP contribution in [0.5, 0.6) is 0 Å². The molecule has 0 aliphatic carbocycles. The first-order valence-electron chi connectivity index (χ1n) is 5.43. The normalized spacial score (nSPS) is 20.1. The quantitative estimate of drug-likeness (QED) is 0.734. The summed E-state index contributed by atoms with van der Waals surface area (Å²) in [5.41, 5.74) is 5.46. The lowest BCUT2D eigenvalue weighted by Crippen LogP contribution is -2.41.